The van der Waals surface area contributed by atoms with Crippen molar-refractivity contribution in [1.29, 1.82) is 5.26 Å². The van der Waals surface area contributed by atoms with Crippen LogP contribution in [-0.2, 0) is 11.8 Å². The summed E-state index contributed by atoms with van der Waals surface area (Å²) in [6.45, 7) is 0. The number of hydrogen-bond donors (Lipinski definition) is 0. The Hall–Kier alpha value is -0.560. The number of nitriles is 1. The van der Waals surface area contributed by atoms with Crippen molar-refractivity contribution in [1.82, 2.24) is 4.98 Å². The molecule has 0 saturated heterocycles. The molecule has 0 N–H and O–H groups in total. The van der Waals surface area contributed by atoms with Crippen molar-refractivity contribution in [3.63, 3.8) is 0 Å². The molecule has 3 nitrogen and oxygen atoms in total. The van der Waals surface area contributed by atoms with Gasteiger partial charge in [0, 0.05) is 11.4 Å². The Morgan fingerprint density at radius 2 is 2.18 bits per heavy atom. The van der Waals surface area contributed by atoms with E-state index in [0.29, 0.717) is 11.0 Å². The van der Waals surface area contributed by atoms with Gasteiger partial charge in [-0.05, 0) is 22.6 Å². The first-order valence-corrected chi connectivity index (χ1v) is 6.44. The fourth-order valence-electron chi connectivity index (χ4n) is 1.07. The van der Waals surface area contributed by atoms with Crippen LogP contribution in [-0.4, -0.2) is 11.3 Å². The highest BCUT2D eigenvalue weighted by molar-refractivity contribution is 14.1. The molecule has 0 atom stereocenters. The van der Waals surface area contributed by atoms with Gasteiger partial charge in [0.1, 0.15) is 5.75 Å². The van der Waals surface area contributed by atoms with Crippen LogP contribution in [0.25, 0.3) is 0 Å². The summed E-state index contributed by atoms with van der Waals surface area (Å²) in [5, 5.41) is 8.80. The van der Waals surface area contributed by atoms with Gasteiger partial charge in [-0.15, -0.1) is 13.2 Å². The molecule has 0 aliphatic carbocycles. The monoisotopic (exact) mass is 420 g/mol. The fourth-order valence-corrected chi connectivity index (χ4v) is 2.58. The van der Waals surface area contributed by atoms with E-state index in [0.717, 1.165) is 6.07 Å². The number of halogens is 5. The molecule has 0 fully saturated rings. The summed E-state index contributed by atoms with van der Waals surface area (Å²) in [7, 11) is 0. The minimum absolute atomic E-state index is 0.0643. The fraction of sp³-hybridized carbons (Fsp3) is 0.333. The Morgan fingerprint density at radius 3 is 2.65 bits per heavy atom. The number of pyridine rings is 1. The van der Waals surface area contributed by atoms with Crippen molar-refractivity contribution in [2.75, 3.05) is 0 Å². The maximum Gasteiger partial charge on any atom is 0.573 e. The van der Waals surface area contributed by atoms with Gasteiger partial charge in [-0.2, -0.15) is 5.26 Å². The van der Waals surface area contributed by atoms with Crippen LogP contribution in [0.1, 0.15) is 11.4 Å². The lowest BCUT2D eigenvalue weighted by molar-refractivity contribution is -0.275. The molecular weight excluding hydrogens is 416 g/mol. The van der Waals surface area contributed by atoms with Crippen molar-refractivity contribution in [2.45, 2.75) is 18.1 Å². The molecule has 0 unspecified atom stereocenters. The van der Waals surface area contributed by atoms with E-state index in [1.165, 1.54) is 0 Å². The zero-order valence-corrected chi connectivity index (χ0v) is 11.9. The average Bonchev–Trinajstić information content (AvgIpc) is 2.21. The van der Waals surface area contributed by atoms with Crippen LogP contribution >= 0.6 is 38.5 Å². The zero-order chi connectivity index (χ0) is 13.1. The molecule has 1 aromatic rings. The van der Waals surface area contributed by atoms with Gasteiger partial charge in [0.25, 0.3) is 0 Å². The third-order valence-electron chi connectivity index (χ3n) is 1.66. The Balaban J connectivity index is 3.19. The summed E-state index contributed by atoms with van der Waals surface area (Å²) >= 11 is 4.85. The lowest BCUT2D eigenvalue weighted by Crippen LogP contribution is -2.18. The smallest absolute Gasteiger partial charge is 0.405 e. The first kappa shape index (κ1) is 14.5. The molecule has 8 heteroatoms. The topological polar surface area (TPSA) is 45.9 Å². The van der Waals surface area contributed by atoms with E-state index >= 15 is 0 Å². The van der Waals surface area contributed by atoms with Crippen LogP contribution in [0.4, 0.5) is 13.2 Å². The Bertz CT molecular complexity index is 459. The molecule has 0 bridgehead atoms. The molecule has 0 radical (unpaired) electrons. The quantitative estimate of drug-likeness (QED) is 0.555. The summed E-state index contributed by atoms with van der Waals surface area (Å²) in [6, 6.07) is 2.96. The highest BCUT2D eigenvalue weighted by Crippen LogP contribution is 2.30. The molecule has 1 rings (SSSR count). The number of aromatic nitrogens is 1. The summed E-state index contributed by atoms with van der Waals surface area (Å²) in [5.41, 5.74) is 0.666. The summed E-state index contributed by atoms with van der Waals surface area (Å²) in [6.07, 6.45) is -4.82. The predicted molar refractivity (Wildman–Crippen MR) is 65.6 cm³/mol. The molecule has 1 heterocycles. The van der Waals surface area contributed by atoms with Crippen LogP contribution < -0.4 is 4.74 Å². The lowest BCUT2D eigenvalue weighted by Gasteiger charge is -2.13. The van der Waals surface area contributed by atoms with E-state index in [1.807, 2.05) is 6.07 Å². The molecular formula is C9H5BrF3IN2O. The lowest BCUT2D eigenvalue weighted by atomic mass is 10.2. The minimum Gasteiger partial charge on any atom is -0.405 e. The number of alkyl halides is 4. The number of nitrogens with zero attached hydrogens (tertiary/aromatic N) is 2. The normalized spacial score (nSPS) is 11.1. The Labute approximate surface area is 117 Å². The van der Waals surface area contributed by atoms with E-state index in [2.05, 4.69) is 25.7 Å². The maximum atomic E-state index is 12.2. The van der Waals surface area contributed by atoms with Crippen LogP contribution in [0.5, 0.6) is 5.75 Å². The Kier molecular flexibility index (Phi) is 5.00. The van der Waals surface area contributed by atoms with Crippen LogP contribution in [0, 0.1) is 14.9 Å². The van der Waals surface area contributed by atoms with Crippen molar-refractivity contribution in [2.24, 2.45) is 0 Å². The van der Waals surface area contributed by atoms with Gasteiger partial charge in [0.2, 0.25) is 0 Å². The second kappa shape index (κ2) is 5.86. The van der Waals surface area contributed by atoms with E-state index in [1.54, 1.807) is 22.6 Å². The maximum absolute atomic E-state index is 12.2. The summed E-state index contributed by atoms with van der Waals surface area (Å²) in [4.78, 5) is 4.05. The van der Waals surface area contributed by atoms with Gasteiger partial charge < -0.3 is 4.74 Å². The van der Waals surface area contributed by atoms with Crippen LogP contribution in [0.15, 0.2) is 6.07 Å². The van der Waals surface area contributed by atoms with Crippen LogP contribution in [0.2, 0.25) is 0 Å². The van der Waals surface area contributed by atoms with Crippen molar-refractivity contribution in [3.05, 3.63) is 21.0 Å². The molecule has 0 amide bonds. The molecule has 0 aliphatic heterocycles. The van der Waals surface area contributed by atoms with Gasteiger partial charge in [-0.25, -0.2) is 0 Å². The molecule has 0 aromatic carbocycles. The van der Waals surface area contributed by atoms with Gasteiger partial charge in [-0.3, -0.25) is 4.98 Å². The molecule has 1 aromatic heterocycles. The third-order valence-corrected chi connectivity index (χ3v) is 3.34. The predicted octanol–water partition coefficient (Wildman–Crippen LogP) is 3.55. The van der Waals surface area contributed by atoms with Gasteiger partial charge in [0.15, 0.2) is 0 Å². The third kappa shape index (κ3) is 4.31. The van der Waals surface area contributed by atoms with E-state index < -0.39 is 6.36 Å². The Morgan fingerprint density at radius 1 is 1.53 bits per heavy atom. The zero-order valence-electron chi connectivity index (χ0n) is 8.18. The van der Waals surface area contributed by atoms with Crippen LogP contribution in [0.3, 0.4) is 0 Å². The second-order valence-corrected chi connectivity index (χ2v) is 4.53. The van der Waals surface area contributed by atoms with Gasteiger partial charge >= 0.3 is 6.36 Å². The molecule has 92 valence electrons. The largest absolute Gasteiger partial charge is 0.573 e. The highest BCUT2D eigenvalue weighted by atomic mass is 127. The first-order chi connectivity index (χ1) is 7.87. The molecule has 0 saturated carbocycles. The summed E-state index contributed by atoms with van der Waals surface area (Å²) < 4.78 is 40.6. The van der Waals surface area contributed by atoms with E-state index in [4.69, 9.17) is 5.26 Å². The number of hydrogen-bond acceptors (Lipinski definition) is 3. The van der Waals surface area contributed by atoms with E-state index in [9.17, 15) is 13.2 Å². The van der Waals surface area contributed by atoms with Gasteiger partial charge in [-0.1, -0.05) is 15.9 Å². The van der Waals surface area contributed by atoms with Crippen molar-refractivity contribution < 1.29 is 17.9 Å². The van der Waals surface area contributed by atoms with E-state index in [-0.39, 0.29) is 21.4 Å². The van der Waals surface area contributed by atoms with Crippen molar-refractivity contribution in [3.8, 4) is 11.8 Å². The number of ether oxygens (including phenoxy) is 1. The molecule has 0 spiro atoms. The standard InChI is InChI=1S/C9H5BrF3IN2O/c10-4-6-8(14)7(17-9(11,12)13)3-5(16-6)1-2-15/h3H,1,4H2. The number of rotatable bonds is 3. The molecule has 17 heavy (non-hydrogen) atoms. The minimum atomic E-state index is -4.76. The molecule has 0 aliphatic rings. The van der Waals surface area contributed by atoms with Crippen molar-refractivity contribution >= 4 is 38.5 Å². The highest BCUT2D eigenvalue weighted by Gasteiger charge is 2.32. The SMILES string of the molecule is N#CCc1cc(OC(F)(F)F)c(I)c(CBr)n1. The van der Waals surface area contributed by atoms with Gasteiger partial charge in [0.05, 0.1) is 27.4 Å². The summed E-state index contributed by atoms with van der Waals surface area (Å²) in [5.74, 6) is -0.326. The average molecular weight is 421 g/mol. The first-order valence-electron chi connectivity index (χ1n) is 4.24. The second-order valence-electron chi connectivity index (χ2n) is 2.89.